The highest BCUT2D eigenvalue weighted by molar-refractivity contribution is 5.92. The normalized spacial score (nSPS) is 16.3. The Kier molecular flexibility index (Phi) is 12.8. The summed E-state index contributed by atoms with van der Waals surface area (Å²) in [5, 5.41) is 8.62. The van der Waals surface area contributed by atoms with Crippen LogP contribution in [0.1, 0.15) is 90.9 Å². The molecule has 1 aliphatic rings. The lowest BCUT2D eigenvalue weighted by atomic mass is 10.0. The summed E-state index contributed by atoms with van der Waals surface area (Å²) in [5.74, 6) is -0.581. The largest absolute Gasteiger partial charge is 0.444 e. The highest BCUT2D eigenvalue weighted by Crippen LogP contribution is 2.23. The van der Waals surface area contributed by atoms with Crippen molar-refractivity contribution in [2.75, 3.05) is 13.1 Å². The quantitative estimate of drug-likeness (QED) is 0.281. The molecule has 45 heavy (non-hydrogen) atoms. The molecule has 3 N–H and O–H groups in total. The summed E-state index contributed by atoms with van der Waals surface area (Å²) in [7, 11) is 0. The number of carbonyl (C=O) groups is 4. The molecular weight excluding hydrogens is 574 g/mol. The van der Waals surface area contributed by atoms with E-state index in [1.807, 2.05) is 48.5 Å². The van der Waals surface area contributed by atoms with Crippen LogP contribution in [-0.2, 0) is 25.5 Å². The molecule has 1 aromatic carbocycles. The fraction of sp³-hybridized carbons (Fsp3) is 0.559. The second kappa shape index (κ2) is 16.2. The van der Waals surface area contributed by atoms with Crippen molar-refractivity contribution in [2.45, 2.75) is 109 Å². The van der Waals surface area contributed by atoms with Crippen LogP contribution in [0.2, 0.25) is 0 Å². The molecule has 1 aromatic heterocycles. The van der Waals surface area contributed by atoms with Crippen molar-refractivity contribution in [1.29, 1.82) is 0 Å². The Hall–Kier alpha value is -4.15. The van der Waals surface area contributed by atoms with Crippen LogP contribution in [0.5, 0.6) is 0 Å². The Morgan fingerprint density at radius 3 is 2.20 bits per heavy atom. The molecule has 11 heteroatoms. The first-order chi connectivity index (χ1) is 21.2. The summed E-state index contributed by atoms with van der Waals surface area (Å²) in [6, 6.07) is 13.5. The number of ether oxygens (including phenoxy) is 2. The van der Waals surface area contributed by atoms with Crippen LogP contribution < -0.4 is 16.0 Å². The number of unbranched alkanes of at least 4 members (excludes halogenated alkanes) is 1. The minimum atomic E-state index is -0.895. The fourth-order valence-electron chi connectivity index (χ4n) is 5.12. The number of hydrogen-bond donors (Lipinski definition) is 3. The van der Waals surface area contributed by atoms with Gasteiger partial charge in [-0.05, 0) is 91.3 Å². The van der Waals surface area contributed by atoms with Crippen molar-refractivity contribution >= 4 is 24.0 Å². The number of carbonyl (C=O) groups excluding carboxylic acids is 4. The molecule has 0 radical (unpaired) electrons. The van der Waals surface area contributed by atoms with Crippen molar-refractivity contribution in [3.8, 4) is 0 Å². The third-order valence-electron chi connectivity index (χ3n) is 7.07. The number of aromatic nitrogens is 1. The molecule has 11 nitrogen and oxygen atoms in total. The van der Waals surface area contributed by atoms with Gasteiger partial charge < -0.3 is 30.3 Å². The van der Waals surface area contributed by atoms with Crippen LogP contribution in [0, 0.1) is 0 Å². The van der Waals surface area contributed by atoms with Gasteiger partial charge in [-0.25, -0.2) is 9.59 Å². The zero-order chi connectivity index (χ0) is 33.0. The highest BCUT2D eigenvalue weighted by atomic mass is 16.6. The summed E-state index contributed by atoms with van der Waals surface area (Å²) in [6.45, 7) is 11.4. The van der Waals surface area contributed by atoms with Crippen LogP contribution in [-0.4, -0.2) is 70.3 Å². The van der Waals surface area contributed by atoms with Gasteiger partial charge in [0.2, 0.25) is 11.8 Å². The van der Waals surface area contributed by atoms with Crippen molar-refractivity contribution < 1.29 is 28.7 Å². The van der Waals surface area contributed by atoms with Crippen molar-refractivity contribution in [3.05, 3.63) is 66.0 Å². The lowest BCUT2D eigenvalue weighted by Crippen LogP contribution is -2.54. The Balaban J connectivity index is 1.69. The van der Waals surface area contributed by atoms with Gasteiger partial charge in [-0.3, -0.25) is 14.6 Å². The van der Waals surface area contributed by atoms with Gasteiger partial charge in [-0.15, -0.1) is 0 Å². The van der Waals surface area contributed by atoms with E-state index in [0.717, 1.165) is 11.3 Å². The minimum absolute atomic E-state index is 0.247. The molecule has 0 aliphatic carbocycles. The Morgan fingerprint density at radius 1 is 0.889 bits per heavy atom. The maximum Gasteiger partial charge on any atom is 0.408 e. The summed E-state index contributed by atoms with van der Waals surface area (Å²) in [6.07, 6.45) is 3.60. The van der Waals surface area contributed by atoms with Crippen LogP contribution >= 0.6 is 0 Å². The third kappa shape index (κ3) is 12.4. The molecule has 0 bridgehead atoms. The van der Waals surface area contributed by atoms with E-state index in [4.69, 9.17) is 9.47 Å². The number of amides is 4. The first-order valence-electron chi connectivity index (χ1n) is 15.7. The predicted octanol–water partition coefficient (Wildman–Crippen LogP) is 5.06. The first kappa shape index (κ1) is 35.3. The summed E-state index contributed by atoms with van der Waals surface area (Å²) >= 11 is 0. The van der Waals surface area contributed by atoms with Gasteiger partial charge in [-0.1, -0.05) is 36.4 Å². The number of nitrogens with one attached hydrogen (secondary N) is 3. The number of nitrogens with zero attached hydrogens (tertiary/aromatic N) is 2. The predicted molar refractivity (Wildman–Crippen MR) is 171 cm³/mol. The third-order valence-corrected chi connectivity index (χ3v) is 7.07. The van der Waals surface area contributed by atoms with Gasteiger partial charge in [0.05, 0.1) is 6.04 Å². The van der Waals surface area contributed by atoms with Crippen molar-refractivity contribution in [2.24, 2.45) is 0 Å². The Morgan fingerprint density at radius 2 is 1.56 bits per heavy atom. The average molecular weight is 624 g/mol. The van der Waals surface area contributed by atoms with E-state index in [0.29, 0.717) is 51.6 Å². The number of pyridine rings is 1. The van der Waals surface area contributed by atoms with E-state index in [2.05, 4.69) is 20.9 Å². The molecule has 0 saturated carbocycles. The smallest absolute Gasteiger partial charge is 0.408 e. The Labute approximate surface area is 266 Å². The van der Waals surface area contributed by atoms with Gasteiger partial charge in [-0.2, -0.15) is 0 Å². The molecule has 1 saturated heterocycles. The zero-order valence-corrected chi connectivity index (χ0v) is 27.4. The van der Waals surface area contributed by atoms with Crippen LogP contribution in [0.15, 0.2) is 54.7 Å². The topological polar surface area (TPSA) is 139 Å². The van der Waals surface area contributed by atoms with E-state index in [1.165, 1.54) is 0 Å². The van der Waals surface area contributed by atoms with E-state index in [-0.39, 0.29) is 17.9 Å². The van der Waals surface area contributed by atoms with Gasteiger partial charge >= 0.3 is 12.2 Å². The van der Waals surface area contributed by atoms with Gasteiger partial charge in [0.15, 0.2) is 0 Å². The molecule has 0 unspecified atom stereocenters. The van der Waals surface area contributed by atoms with Gasteiger partial charge in [0.1, 0.15) is 23.3 Å². The summed E-state index contributed by atoms with van der Waals surface area (Å²) in [4.78, 5) is 58.4. The maximum absolute atomic E-state index is 13.9. The molecule has 3 atom stereocenters. The first-order valence-corrected chi connectivity index (χ1v) is 15.7. The zero-order valence-electron chi connectivity index (χ0n) is 27.4. The molecular formula is C34H49N5O6. The average Bonchev–Trinajstić information content (AvgIpc) is 3.45. The van der Waals surface area contributed by atoms with Crippen molar-refractivity contribution in [3.63, 3.8) is 0 Å². The minimum Gasteiger partial charge on any atom is -0.444 e. The second-order valence-electron chi connectivity index (χ2n) is 13.3. The maximum atomic E-state index is 13.9. The van der Waals surface area contributed by atoms with Crippen LogP contribution in [0.3, 0.4) is 0 Å². The number of benzene rings is 1. The van der Waals surface area contributed by atoms with E-state index < -0.39 is 35.5 Å². The molecule has 4 amide bonds. The molecule has 1 aliphatic heterocycles. The molecule has 0 spiro atoms. The van der Waals surface area contributed by atoms with E-state index in [1.54, 1.807) is 52.6 Å². The monoisotopic (exact) mass is 623 g/mol. The molecule has 3 rings (SSSR count). The highest BCUT2D eigenvalue weighted by Gasteiger charge is 2.38. The fourth-order valence-corrected chi connectivity index (χ4v) is 5.12. The lowest BCUT2D eigenvalue weighted by Gasteiger charge is -2.30. The van der Waals surface area contributed by atoms with E-state index >= 15 is 0 Å². The molecule has 2 heterocycles. The number of likely N-dealkylation sites (tertiary alicyclic amines) is 1. The summed E-state index contributed by atoms with van der Waals surface area (Å²) < 4.78 is 10.7. The van der Waals surface area contributed by atoms with Crippen LogP contribution in [0.25, 0.3) is 0 Å². The SMILES string of the molecule is CC(C)(C)OC(=O)NCCCC[C@H](NC(=O)OC(C)(C)C)C(=O)N1CCC[C@H]1C(=O)N[C@@H](Cc1ccccn1)c1ccccc1. The molecule has 2 aromatic rings. The number of alkyl carbamates (subject to hydrolysis) is 2. The van der Waals surface area contributed by atoms with Gasteiger partial charge in [0.25, 0.3) is 0 Å². The number of rotatable bonds is 12. The molecule has 246 valence electrons. The number of hydrogen-bond acceptors (Lipinski definition) is 7. The molecule has 1 fully saturated rings. The Bertz CT molecular complexity index is 1260. The second-order valence-corrected chi connectivity index (χ2v) is 13.3. The van der Waals surface area contributed by atoms with Crippen molar-refractivity contribution in [1.82, 2.24) is 25.8 Å². The van der Waals surface area contributed by atoms with Crippen LogP contribution in [0.4, 0.5) is 9.59 Å². The van der Waals surface area contributed by atoms with E-state index in [9.17, 15) is 19.2 Å². The standard InChI is InChI=1S/C34H49N5O6/c1-33(2,3)44-31(42)36-21-13-11-18-26(38-32(43)45-34(4,5)6)30(41)39-22-14-19-28(39)29(40)37-27(24-15-8-7-9-16-24)23-25-17-10-12-20-35-25/h7-10,12,15-17,20,26-28H,11,13-14,18-19,21-23H2,1-6H3,(H,36,42)(H,37,40)(H,38,43)/t26-,27-,28-/m0/s1. The lowest BCUT2D eigenvalue weighted by molar-refractivity contribution is -0.140. The van der Waals surface area contributed by atoms with Gasteiger partial charge in [0, 0.05) is 31.4 Å². The summed E-state index contributed by atoms with van der Waals surface area (Å²) in [5.41, 5.74) is 0.438.